The van der Waals surface area contributed by atoms with E-state index in [-0.39, 0.29) is 12.7 Å². The number of aliphatic hydroxyl groups excluding tert-OH is 2. The van der Waals surface area contributed by atoms with Crippen molar-refractivity contribution >= 4 is 5.82 Å². The summed E-state index contributed by atoms with van der Waals surface area (Å²) in [6.07, 6.45) is 0.680. The van der Waals surface area contributed by atoms with Gasteiger partial charge in [0.15, 0.2) is 0 Å². The minimum Gasteiger partial charge on any atom is -0.392 e. The molecule has 1 aromatic heterocycles. The molecule has 2 atom stereocenters. The molecule has 0 aromatic carbocycles. The molecule has 1 saturated heterocycles. The largest absolute Gasteiger partial charge is 0.392 e. The predicted molar refractivity (Wildman–Crippen MR) is 76.2 cm³/mol. The minimum absolute atomic E-state index is 0.0298. The van der Waals surface area contributed by atoms with Crippen molar-refractivity contribution in [2.45, 2.75) is 45.8 Å². The SMILES string of the molecule is CC(C)c1cc(CO)cc(N2CCC(C)C(O)C2)n1. The van der Waals surface area contributed by atoms with Gasteiger partial charge in [0.25, 0.3) is 0 Å². The molecule has 2 N–H and O–H groups in total. The Hall–Kier alpha value is -1.13. The predicted octanol–water partition coefficient (Wildman–Crippen LogP) is 1.90. The molecule has 1 aliphatic rings. The summed E-state index contributed by atoms with van der Waals surface area (Å²) in [6, 6.07) is 3.88. The molecule has 19 heavy (non-hydrogen) atoms. The quantitative estimate of drug-likeness (QED) is 0.875. The van der Waals surface area contributed by atoms with Crippen molar-refractivity contribution in [1.29, 1.82) is 0 Å². The third kappa shape index (κ3) is 3.25. The molecule has 1 aromatic rings. The van der Waals surface area contributed by atoms with Gasteiger partial charge in [-0.25, -0.2) is 4.98 Å². The molecule has 2 unspecified atom stereocenters. The number of hydrogen-bond donors (Lipinski definition) is 2. The Morgan fingerprint density at radius 2 is 2.16 bits per heavy atom. The number of rotatable bonds is 3. The highest BCUT2D eigenvalue weighted by Gasteiger charge is 2.25. The maximum absolute atomic E-state index is 10.00. The first-order valence-electron chi connectivity index (χ1n) is 7.06. The first kappa shape index (κ1) is 14.3. The van der Waals surface area contributed by atoms with Crippen LogP contribution < -0.4 is 4.90 Å². The standard InChI is InChI=1S/C15H24N2O2/c1-10(2)13-6-12(9-18)7-15(16-13)17-5-4-11(3)14(19)8-17/h6-7,10-11,14,18-19H,4-5,8-9H2,1-3H3. The minimum atomic E-state index is -0.296. The number of aliphatic hydroxyl groups is 2. The van der Waals surface area contributed by atoms with E-state index >= 15 is 0 Å². The fraction of sp³-hybridized carbons (Fsp3) is 0.667. The number of piperidine rings is 1. The molecule has 1 fully saturated rings. The highest BCUT2D eigenvalue weighted by atomic mass is 16.3. The van der Waals surface area contributed by atoms with Gasteiger partial charge in [-0.3, -0.25) is 0 Å². The van der Waals surface area contributed by atoms with E-state index in [1.54, 1.807) is 0 Å². The maximum atomic E-state index is 10.00. The fourth-order valence-corrected chi connectivity index (χ4v) is 2.40. The third-order valence-electron chi connectivity index (χ3n) is 3.91. The molecule has 2 heterocycles. The van der Waals surface area contributed by atoms with Crippen LogP contribution in [0.4, 0.5) is 5.82 Å². The Balaban J connectivity index is 2.26. The second-order valence-electron chi connectivity index (χ2n) is 5.85. The fourth-order valence-electron chi connectivity index (χ4n) is 2.40. The normalized spacial score (nSPS) is 24.0. The van der Waals surface area contributed by atoms with Gasteiger partial charge in [0, 0.05) is 18.8 Å². The molecule has 4 heteroatoms. The van der Waals surface area contributed by atoms with Crippen LogP contribution in [0.25, 0.3) is 0 Å². The van der Waals surface area contributed by atoms with Gasteiger partial charge in [0.1, 0.15) is 5.82 Å². The topological polar surface area (TPSA) is 56.6 Å². The number of aromatic nitrogens is 1. The molecule has 2 rings (SSSR count). The van der Waals surface area contributed by atoms with Crippen LogP contribution >= 0.6 is 0 Å². The summed E-state index contributed by atoms with van der Waals surface area (Å²) < 4.78 is 0. The highest BCUT2D eigenvalue weighted by molar-refractivity contribution is 5.44. The molecule has 0 saturated carbocycles. The Kier molecular flexibility index (Phi) is 4.42. The number of hydrogen-bond acceptors (Lipinski definition) is 4. The van der Waals surface area contributed by atoms with Gasteiger partial charge < -0.3 is 15.1 Å². The van der Waals surface area contributed by atoms with Crippen LogP contribution in [0.3, 0.4) is 0 Å². The van der Waals surface area contributed by atoms with Crippen LogP contribution in [-0.2, 0) is 6.61 Å². The van der Waals surface area contributed by atoms with E-state index in [9.17, 15) is 10.2 Å². The monoisotopic (exact) mass is 264 g/mol. The molecule has 4 nitrogen and oxygen atoms in total. The first-order chi connectivity index (χ1) is 9.01. The van der Waals surface area contributed by atoms with Gasteiger partial charge in [-0.05, 0) is 36.0 Å². The van der Waals surface area contributed by atoms with E-state index in [1.807, 2.05) is 12.1 Å². The smallest absolute Gasteiger partial charge is 0.129 e. The number of anilines is 1. The van der Waals surface area contributed by atoms with Crippen LogP contribution in [0.15, 0.2) is 12.1 Å². The number of nitrogens with zero attached hydrogens (tertiary/aromatic N) is 2. The summed E-state index contributed by atoms with van der Waals surface area (Å²) in [6.45, 7) is 7.85. The lowest BCUT2D eigenvalue weighted by molar-refractivity contribution is 0.102. The summed E-state index contributed by atoms with van der Waals surface area (Å²) in [7, 11) is 0. The van der Waals surface area contributed by atoms with Crippen molar-refractivity contribution in [3.05, 3.63) is 23.4 Å². The van der Waals surface area contributed by atoms with Gasteiger partial charge in [-0.2, -0.15) is 0 Å². The lowest BCUT2D eigenvalue weighted by Gasteiger charge is -2.35. The lowest BCUT2D eigenvalue weighted by atomic mass is 9.96. The average Bonchev–Trinajstić information content (AvgIpc) is 2.41. The molecule has 106 valence electrons. The second-order valence-corrected chi connectivity index (χ2v) is 5.85. The van der Waals surface area contributed by atoms with Crippen LogP contribution in [0.5, 0.6) is 0 Å². The van der Waals surface area contributed by atoms with Crippen molar-refractivity contribution < 1.29 is 10.2 Å². The van der Waals surface area contributed by atoms with Crippen LogP contribution in [0.2, 0.25) is 0 Å². The summed E-state index contributed by atoms with van der Waals surface area (Å²) in [5.41, 5.74) is 1.89. The van der Waals surface area contributed by atoms with Gasteiger partial charge in [-0.15, -0.1) is 0 Å². The summed E-state index contributed by atoms with van der Waals surface area (Å²) in [5, 5.41) is 19.4. The molecular weight excluding hydrogens is 240 g/mol. The Labute approximate surface area is 115 Å². The first-order valence-corrected chi connectivity index (χ1v) is 7.06. The summed E-state index contributed by atoms with van der Waals surface area (Å²) in [4.78, 5) is 6.79. The van der Waals surface area contributed by atoms with Crippen molar-refractivity contribution in [3.8, 4) is 0 Å². The summed E-state index contributed by atoms with van der Waals surface area (Å²) in [5.74, 6) is 1.56. The van der Waals surface area contributed by atoms with Gasteiger partial charge in [0.2, 0.25) is 0 Å². The third-order valence-corrected chi connectivity index (χ3v) is 3.91. The Morgan fingerprint density at radius 3 is 2.74 bits per heavy atom. The Morgan fingerprint density at radius 1 is 1.42 bits per heavy atom. The zero-order chi connectivity index (χ0) is 14.0. The lowest BCUT2D eigenvalue weighted by Crippen LogP contribution is -2.43. The molecule has 0 radical (unpaired) electrons. The van der Waals surface area contributed by atoms with Gasteiger partial charge >= 0.3 is 0 Å². The average molecular weight is 264 g/mol. The molecule has 0 spiro atoms. The van der Waals surface area contributed by atoms with Crippen molar-refractivity contribution in [3.63, 3.8) is 0 Å². The zero-order valence-corrected chi connectivity index (χ0v) is 12.0. The van der Waals surface area contributed by atoms with E-state index in [1.165, 1.54) is 0 Å². The number of β-amino-alcohol motifs (C(OH)–C–C–N with tert-alkyl or cyclic N) is 1. The van der Waals surface area contributed by atoms with E-state index in [4.69, 9.17) is 0 Å². The van der Waals surface area contributed by atoms with E-state index in [0.717, 1.165) is 30.0 Å². The van der Waals surface area contributed by atoms with Crippen molar-refractivity contribution in [1.82, 2.24) is 4.98 Å². The molecule has 0 amide bonds. The van der Waals surface area contributed by atoms with E-state index in [2.05, 4.69) is 30.7 Å². The van der Waals surface area contributed by atoms with E-state index < -0.39 is 0 Å². The van der Waals surface area contributed by atoms with Crippen LogP contribution in [0.1, 0.15) is 44.4 Å². The molecule has 0 aliphatic carbocycles. The Bertz CT molecular complexity index is 434. The maximum Gasteiger partial charge on any atom is 0.129 e. The van der Waals surface area contributed by atoms with Crippen LogP contribution in [0, 0.1) is 5.92 Å². The molecular formula is C15H24N2O2. The highest BCUT2D eigenvalue weighted by Crippen LogP contribution is 2.25. The zero-order valence-electron chi connectivity index (χ0n) is 12.0. The van der Waals surface area contributed by atoms with Crippen LogP contribution in [-0.4, -0.2) is 34.4 Å². The van der Waals surface area contributed by atoms with Gasteiger partial charge in [-0.1, -0.05) is 20.8 Å². The second kappa shape index (κ2) is 5.88. The summed E-state index contributed by atoms with van der Waals surface area (Å²) >= 11 is 0. The number of pyridine rings is 1. The van der Waals surface area contributed by atoms with Gasteiger partial charge in [0.05, 0.1) is 12.7 Å². The molecule has 1 aliphatic heterocycles. The van der Waals surface area contributed by atoms with E-state index in [0.29, 0.717) is 18.4 Å². The van der Waals surface area contributed by atoms with Crippen molar-refractivity contribution in [2.24, 2.45) is 5.92 Å². The van der Waals surface area contributed by atoms with Crippen molar-refractivity contribution in [2.75, 3.05) is 18.0 Å². The molecule has 0 bridgehead atoms.